The van der Waals surface area contributed by atoms with Crippen molar-refractivity contribution in [3.05, 3.63) is 71.5 Å². The van der Waals surface area contributed by atoms with E-state index in [-0.39, 0.29) is 5.75 Å². The monoisotopic (exact) mass is 434 g/mol. The number of nitrogens with zero attached hydrogens (tertiary/aromatic N) is 3. The summed E-state index contributed by atoms with van der Waals surface area (Å²) in [6.07, 6.45) is 5.28. The molecule has 1 aliphatic heterocycles. The number of anilines is 1. The van der Waals surface area contributed by atoms with Crippen LogP contribution in [0.1, 0.15) is 29.7 Å². The zero-order chi connectivity index (χ0) is 21.8. The summed E-state index contributed by atoms with van der Waals surface area (Å²) in [7, 11) is -3.64. The van der Waals surface area contributed by atoms with Gasteiger partial charge in [-0.3, -0.25) is 4.79 Å². The highest BCUT2D eigenvalue weighted by molar-refractivity contribution is 7.91. The molecule has 0 bridgehead atoms. The molecule has 0 radical (unpaired) electrons. The van der Waals surface area contributed by atoms with Gasteiger partial charge in [-0.05, 0) is 61.2 Å². The quantitative estimate of drug-likeness (QED) is 0.641. The smallest absolute Gasteiger partial charge is 0.239 e. The molecule has 2 aromatic carbocycles. The summed E-state index contributed by atoms with van der Waals surface area (Å²) >= 11 is 0. The predicted molar refractivity (Wildman–Crippen MR) is 118 cm³/mol. The SMILES string of the molecule is N#Cc1ccc(CS(=O)(=O)CC(=O)Nc2ccc(-c3ncc4n3CCCC4)cc2)cc1. The topological polar surface area (TPSA) is 105 Å². The van der Waals surface area contributed by atoms with E-state index < -0.39 is 21.5 Å². The number of sulfone groups is 1. The molecule has 1 N–H and O–H groups in total. The Morgan fingerprint density at radius 3 is 2.55 bits per heavy atom. The minimum Gasteiger partial charge on any atom is -0.328 e. The van der Waals surface area contributed by atoms with Crippen molar-refractivity contribution in [3.8, 4) is 17.5 Å². The van der Waals surface area contributed by atoms with E-state index in [9.17, 15) is 13.2 Å². The normalized spacial score (nSPS) is 13.3. The number of aromatic nitrogens is 2. The van der Waals surface area contributed by atoms with Crippen molar-refractivity contribution >= 4 is 21.4 Å². The van der Waals surface area contributed by atoms with E-state index in [0.29, 0.717) is 16.8 Å². The number of nitriles is 1. The third-order valence-electron chi connectivity index (χ3n) is 5.25. The molecule has 4 rings (SSSR count). The highest BCUT2D eigenvalue weighted by Gasteiger charge is 2.18. The van der Waals surface area contributed by atoms with Crippen molar-refractivity contribution in [2.45, 2.75) is 31.6 Å². The number of rotatable bonds is 6. The van der Waals surface area contributed by atoms with Gasteiger partial charge in [-0.15, -0.1) is 0 Å². The molecule has 1 aromatic heterocycles. The number of amides is 1. The standard InChI is InChI=1S/C23H22N4O3S/c24-13-17-4-6-18(7-5-17)15-31(29,30)16-22(28)26-20-10-8-19(9-11-20)23-25-14-21-3-1-2-12-27(21)23/h4-11,14H,1-3,12,15-16H2,(H,26,28). The number of imidazole rings is 1. The summed E-state index contributed by atoms with van der Waals surface area (Å²) in [6, 6.07) is 15.5. The summed E-state index contributed by atoms with van der Waals surface area (Å²) in [5.74, 6) is -0.532. The Hall–Kier alpha value is -3.44. The third-order valence-corrected chi connectivity index (χ3v) is 6.73. The van der Waals surface area contributed by atoms with Crippen LogP contribution in [0.25, 0.3) is 11.4 Å². The Morgan fingerprint density at radius 2 is 1.84 bits per heavy atom. The lowest BCUT2D eigenvalue weighted by molar-refractivity contribution is -0.113. The molecule has 158 valence electrons. The maximum Gasteiger partial charge on any atom is 0.239 e. The van der Waals surface area contributed by atoms with Crippen molar-refractivity contribution in [1.82, 2.24) is 9.55 Å². The van der Waals surface area contributed by atoms with Gasteiger partial charge < -0.3 is 9.88 Å². The van der Waals surface area contributed by atoms with Gasteiger partial charge in [0.1, 0.15) is 11.6 Å². The second-order valence-electron chi connectivity index (χ2n) is 7.65. The lowest BCUT2D eigenvalue weighted by atomic mass is 10.1. The number of benzene rings is 2. The maximum absolute atomic E-state index is 12.4. The second-order valence-corrected chi connectivity index (χ2v) is 9.71. The number of fused-ring (bicyclic) bond motifs is 1. The van der Waals surface area contributed by atoms with E-state index in [1.54, 1.807) is 36.4 Å². The van der Waals surface area contributed by atoms with Crippen LogP contribution in [0.3, 0.4) is 0 Å². The third kappa shape index (κ3) is 5.01. The average molecular weight is 435 g/mol. The van der Waals surface area contributed by atoms with Crippen molar-refractivity contribution in [2.75, 3.05) is 11.1 Å². The van der Waals surface area contributed by atoms with Crippen LogP contribution in [0, 0.1) is 11.3 Å². The minimum atomic E-state index is -3.64. The molecule has 3 aromatic rings. The van der Waals surface area contributed by atoms with Gasteiger partial charge in [0.2, 0.25) is 5.91 Å². The summed E-state index contributed by atoms with van der Waals surface area (Å²) in [6.45, 7) is 0.959. The fourth-order valence-electron chi connectivity index (χ4n) is 3.75. The molecule has 1 amide bonds. The van der Waals surface area contributed by atoms with E-state index in [1.807, 2.05) is 24.4 Å². The zero-order valence-electron chi connectivity index (χ0n) is 16.9. The number of hydrogen-bond acceptors (Lipinski definition) is 5. The fraction of sp³-hybridized carbons (Fsp3) is 0.261. The molecule has 0 unspecified atom stereocenters. The number of carbonyl (C=O) groups is 1. The Morgan fingerprint density at radius 1 is 1.10 bits per heavy atom. The van der Waals surface area contributed by atoms with Crippen LogP contribution in [-0.2, 0) is 33.4 Å². The molecule has 2 heterocycles. The molecule has 0 spiro atoms. The van der Waals surface area contributed by atoms with Gasteiger partial charge in [-0.1, -0.05) is 12.1 Å². The highest BCUT2D eigenvalue weighted by atomic mass is 32.2. The Bertz CT molecular complexity index is 1240. The van der Waals surface area contributed by atoms with Gasteiger partial charge in [0.05, 0.1) is 17.4 Å². The largest absolute Gasteiger partial charge is 0.328 e. The van der Waals surface area contributed by atoms with E-state index in [4.69, 9.17) is 5.26 Å². The van der Waals surface area contributed by atoms with Crippen LogP contribution in [0.5, 0.6) is 0 Å². The molecular weight excluding hydrogens is 412 g/mol. The van der Waals surface area contributed by atoms with Crippen molar-refractivity contribution in [1.29, 1.82) is 5.26 Å². The van der Waals surface area contributed by atoms with Gasteiger partial charge in [-0.25, -0.2) is 13.4 Å². The van der Waals surface area contributed by atoms with Crippen LogP contribution in [0.2, 0.25) is 0 Å². The van der Waals surface area contributed by atoms with Crippen molar-refractivity contribution in [2.24, 2.45) is 0 Å². The Kier molecular flexibility index (Phi) is 5.87. The van der Waals surface area contributed by atoms with E-state index in [2.05, 4.69) is 14.9 Å². The van der Waals surface area contributed by atoms with Gasteiger partial charge in [0.25, 0.3) is 0 Å². The molecule has 1 aliphatic rings. The number of hydrogen-bond donors (Lipinski definition) is 1. The van der Waals surface area contributed by atoms with Gasteiger partial charge in [0, 0.05) is 29.7 Å². The van der Waals surface area contributed by atoms with Crippen LogP contribution in [0.4, 0.5) is 5.69 Å². The van der Waals surface area contributed by atoms with Crippen molar-refractivity contribution < 1.29 is 13.2 Å². The molecule has 0 aliphatic carbocycles. The molecule has 31 heavy (non-hydrogen) atoms. The number of carbonyl (C=O) groups excluding carboxylic acids is 1. The summed E-state index contributed by atoms with van der Waals surface area (Å²) in [5.41, 5.74) is 3.73. The molecule has 0 saturated heterocycles. The lowest BCUT2D eigenvalue weighted by Gasteiger charge is -2.16. The van der Waals surface area contributed by atoms with Crippen LogP contribution >= 0.6 is 0 Å². The first-order valence-electron chi connectivity index (χ1n) is 10.1. The first-order chi connectivity index (χ1) is 14.9. The Labute approximate surface area is 181 Å². The van der Waals surface area contributed by atoms with Gasteiger partial charge in [-0.2, -0.15) is 5.26 Å². The van der Waals surface area contributed by atoms with Gasteiger partial charge in [0.15, 0.2) is 9.84 Å². The summed E-state index contributed by atoms with van der Waals surface area (Å²) in [5, 5.41) is 11.5. The molecule has 0 saturated carbocycles. The summed E-state index contributed by atoms with van der Waals surface area (Å²) in [4.78, 5) is 16.8. The average Bonchev–Trinajstić information content (AvgIpc) is 3.18. The molecule has 8 heteroatoms. The molecule has 0 atom stereocenters. The number of aryl methyl sites for hydroxylation is 1. The Balaban J connectivity index is 1.38. The molecule has 0 fully saturated rings. The van der Waals surface area contributed by atoms with Crippen LogP contribution in [0.15, 0.2) is 54.7 Å². The number of nitrogens with one attached hydrogen (secondary N) is 1. The van der Waals surface area contributed by atoms with Crippen LogP contribution in [-0.4, -0.2) is 29.6 Å². The highest BCUT2D eigenvalue weighted by Crippen LogP contribution is 2.25. The lowest BCUT2D eigenvalue weighted by Crippen LogP contribution is -2.23. The predicted octanol–water partition coefficient (Wildman–Crippen LogP) is 3.31. The second kappa shape index (κ2) is 8.74. The minimum absolute atomic E-state index is 0.254. The van der Waals surface area contributed by atoms with Gasteiger partial charge >= 0.3 is 0 Å². The zero-order valence-corrected chi connectivity index (χ0v) is 17.7. The van der Waals surface area contributed by atoms with E-state index >= 15 is 0 Å². The fourth-order valence-corrected chi connectivity index (χ4v) is 5.02. The van der Waals surface area contributed by atoms with E-state index in [0.717, 1.165) is 30.8 Å². The molecular formula is C23H22N4O3S. The van der Waals surface area contributed by atoms with Crippen molar-refractivity contribution in [3.63, 3.8) is 0 Å². The van der Waals surface area contributed by atoms with E-state index in [1.165, 1.54) is 12.1 Å². The first-order valence-corrected chi connectivity index (χ1v) is 11.9. The maximum atomic E-state index is 12.4. The first kappa shape index (κ1) is 20.8. The van der Waals surface area contributed by atoms with Crippen LogP contribution < -0.4 is 5.32 Å². The summed E-state index contributed by atoms with van der Waals surface area (Å²) < 4.78 is 27.0. The molecule has 7 nitrogen and oxygen atoms in total.